The third-order valence-electron chi connectivity index (χ3n) is 3.24. The van der Waals surface area contributed by atoms with Crippen LogP contribution in [0.5, 0.6) is 0 Å². The standard InChI is InChI=1S/C15H19N3O5S/c1-16-15(21)12-11-13(20)10(8-9(19)14(11)23-17-12)24-7-6-22-5-4-18(2)3/h8H,4-7H2,1-3H3,(H,16,21). The summed E-state index contributed by atoms with van der Waals surface area (Å²) in [6, 6.07) is 0. The predicted molar refractivity (Wildman–Crippen MR) is 88.5 cm³/mol. The van der Waals surface area contributed by atoms with Crippen molar-refractivity contribution in [1.29, 1.82) is 0 Å². The highest BCUT2D eigenvalue weighted by Gasteiger charge is 2.35. The zero-order valence-corrected chi connectivity index (χ0v) is 14.6. The molecule has 0 aromatic carbocycles. The third kappa shape index (κ3) is 4.11. The summed E-state index contributed by atoms with van der Waals surface area (Å²) in [6.45, 7) is 1.86. The maximum Gasteiger partial charge on any atom is 0.274 e. The van der Waals surface area contributed by atoms with Crippen LogP contribution in [0.3, 0.4) is 0 Å². The first kappa shape index (κ1) is 18.4. The lowest BCUT2D eigenvalue weighted by Crippen LogP contribution is -2.23. The van der Waals surface area contributed by atoms with E-state index in [-0.39, 0.29) is 21.9 Å². The Hall–Kier alpha value is -1.97. The van der Waals surface area contributed by atoms with Gasteiger partial charge in [0.25, 0.3) is 5.91 Å². The van der Waals surface area contributed by atoms with Crippen molar-refractivity contribution in [2.45, 2.75) is 0 Å². The molecule has 2 rings (SSSR count). The van der Waals surface area contributed by atoms with E-state index in [0.29, 0.717) is 19.0 Å². The molecule has 1 aliphatic rings. The van der Waals surface area contributed by atoms with Gasteiger partial charge in [-0.3, -0.25) is 14.4 Å². The maximum absolute atomic E-state index is 12.5. The monoisotopic (exact) mass is 353 g/mol. The van der Waals surface area contributed by atoms with Gasteiger partial charge in [0.15, 0.2) is 5.69 Å². The second-order valence-corrected chi connectivity index (χ2v) is 6.42. The van der Waals surface area contributed by atoms with Crippen LogP contribution in [0.1, 0.15) is 31.4 Å². The SMILES string of the molecule is CNC(=O)c1noc2c1C(=O)C(SCCOCCN(C)C)=CC2=O. The van der Waals surface area contributed by atoms with Crippen LogP contribution >= 0.6 is 11.8 Å². The molecule has 0 aliphatic heterocycles. The van der Waals surface area contributed by atoms with Gasteiger partial charge in [-0.05, 0) is 14.1 Å². The zero-order chi connectivity index (χ0) is 17.7. The average Bonchev–Trinajstić information content (AvgIpc) is 2.99. The lowest BCUT2D eigenvalue weighted by molar-refractivity contribution is 0.0944. The number of Topliss-reactive ketones (excluding diaryl/α,β-unsaturated/α-hetero) is 1. The van der Waals surface area contributed by atoms with Crippen LogP contribution in [-0.2, 0) is 4.74 Å². The second-order valence-electron chi connectivity index (χ2n) is 5.28. The molecule has 1 amide bonds. The molecule has 24 heavy (non-hydrogen) atoms. The Kier molecular flexibility index (Phi) is 6.29. The second kappa shape index (κ2) is 8.22. The van der Waals surface area contributed by atoms with Gasteiger partial charge in [0.05, 0.1) is 18.1 Å². The lowest BCUT2D eigenvalue weighted by atomic mass is 10.00. The van der Waals surface area contributed by atoms with Gasteiger partial charge in [-0.25, -0.2) is 0 Å². The Morgan fingerprint density at radius 1 is 1.38 bits per heavy atom. The molecule has 0 saturated heterocycles. The molecular weight excluding hydrogens is 334 g/mol. The minimum atomic E-state index is -0.570. The molecule has 0 unspecified atom stereocenters. The first-order valence-corrected chi connectivity index (χ1v) is 8.32. The number of ketones is 2. The van der Waals surface area contributed by atoms with Crippen molar-refractivity contribution in [3.8, 4) is 0 Å². The molecule has 0 atom stereocenters. The van der Waals surface area contributed by atoms with Crippen LogP contribution in [-0.4, -0.2) is 74.2 Å². The number of hydrogen-bond donors (Lipinski definition) is 1. The minimum absolute atomic E-state index is 0.0714. The van der Waals surface area contributed by atoms with Crippen LogP contribution in [0.4, 0.5) is 0 Å². The first-order valence-electron chi connectivity index (χ1n) is 7.33. The number of thioether (sulfide) groups is 1. The quantitative estimate of drug-likeness (QED) is 0.678. The molecule has 1 aromatic heterocycles. The number of aromatic nitrogens is 1. The summed E-state index contributed by atoms with van der Waals surface area (Å²) in [7, 11) is 5.32. The number of carbonyl (C=O) groups is 3. The molecule has 0 fully saturated rings. The normalized spacial score (nSPS) is 13.9. The summed E-state index contributed by atoms with van der Waals surface area (Å²) in [4.78, 5) is 38.5. The summed E-state index contributed by atoms with van der Waals surface area (Å²) in [5, 5.41) is 5.91. The van der Waals surface area contributed by atoms with E-state index in [1.54, 1.807) is 0 Å². The van der Waals surface area contributed by atoms with E-state index in [9.17, 15) is 14.4 Å². The molecule has 130 valence electrons. The Labute approximate surface area is 143 Å². The Bertz CT molecular complexity index is 681. The van der Waals surface area contributed by atoms with Crippen molar-refractivity contribution in [2.75, 3.05) is 46.7 Å². The summed E-state index contributed by atoms with van der Waals surface area (Å²) < 4.78 is 10.3. The van der Waals surface area contributed by atoms with Crippen molar-refractivity contribution < 1.29 is 23.6 Å². The molecule has 0 bridgehead atoms. The van der Waals surface area contributed by atoms with Crippen LogP contribution in [0.2, 0.25) is 0 Å². The summed E-state index contributed by atoms with van der Waals surface area (Å²) in [6.07, 6.45) is 1.22. The number of likely N-dealkylation sites (N-methyl/N-ethyl adjacent to an activating group) is 1. The summed E-state index contributed by atoms with van der Waals surface area (Å²) in [5.74, 6) is -1.13. The molecular formula is C15H19N3O5S. The molecule has 1 N–H and O–H groups in total. The topological polar surface area (TPSA) is 102 Å². The fourth-order valence-electron chi connectivity index (χ4n) is 1.98. The van der Waals surface area contributed by atoms with E-state index in [1.807, 2.05) is 19.0 Å². The predicted octanol–water partition coefficient (Wildman–Crippen LogP) is 0.609. The van der Waals surface area contributed by atoms with Gasteiger partial charge in [0.1, 0.15) is 5.56 Å². The summed E-state index contributed by atoms with van der Waals surface area (Å²) >= 11 is 1.21. The largest absolute Gasteiger partial charge is 0.379 e. The van der Waals surface area contributed by atoms with Gasteiger partial charge < -0.3 is 19.5 Å². The molecule has 1 aromatic rings. The first-order chi connectivity index (χ1) is 11.5. The van der Waals surface area contributed by atoms with Crippen LogP contribution in [0.15, 0.2) is 15.5 Å². The van der Waals surface area contributed by atoms with Crippen molar-refractivity contribution in [3.05, 3.63) is 28.0 Å². The van der Waals surface area contributed by atoms with Crippen LogP contribution in [0, 0.1) is 0 Å². The minimum Gasteiger partial charge on any atom is -0.379 e. The summed E-state index contributed by atoms with van der Waals surface area (Å²) in [5.41, 5.74) is -0.239. The van der Waals surface area contributed by atoms with E-state index in [2.05, 4.69) is 10.5 Å². The molecule has 1 aliphatic carbocycles. The maximum atomic E-state index is 12.5. The lowest BCUT2D eigenvalue weighted by Gasteiger charge is -2.12. The number of nitrogens with zero attached hydrogens (tertiary/aromatic N) is 2. The van der Waals surface area contributed by atoms with Crippen molar-refractivity contribution in [1.82, 2.24) is 15.4 Å². The van der Waals surface area contributed by atoms with Gasteiger partial charge in [-0.2, -0.15) is 0 Å². The third-order valence-corrected chi connectivity index (χ3v) is 4.22. The fourth-order valence-corrected chi connectivity index (χ4v) is 2.83. The van der Waals surface area contributed by atoms with E-state index in [1.165, 1.54) is 24.9 Å². The molecule has 0 saturated carbocycles. The highest BCUT2D eigenvalue weighted by Crippen LogP contribution is 2.30. The number of rotatable bonds is 8. The average molecular weight is 353 g/mol. The van der Waals surface area contributed by atoms with Gasteiger partial charge >= 0.3 is 0 Å². The number of allylic oxidation sites excluding steroid dienone is 2. The van der Waals surface area contributed by atoms with Gasteiger partial charge in [-0.1, -0.05) is 5.16 Å². The smallest absolute Gasteiger partial charge is 0.274 e. The van der Waals surface area contributed by atoms with Crippen LogP contribution in [0.25, 0.3) is 0 Å². The number of ether oxygens (including phenoxy) is 1. The van der Waals surface area contributed by atoms with Gasteiger partial charge in [-0.15, -0.1) is 11.8 Å². The highest BCUT2D eigenvalue weighted by atomic mass is 32.2. The fraction of sp³-hybridized carbons (Fsp3) is 0.467. The van der Waals surface area contributed by atoms with E-state index >= 15 is 0 Å². The van der Waals surface area contributed by atoms with E-state index in [4.69, 9.17) is 9.26 Å². The van der Waals surface area contributed by atoms with Gasteiger partial charge in [0.2, 0.25) is 17.3 Å². The molecule has 8 nitrogen and oxygen atoms in total. The Balaban J connectivity index is 1.99. The van der Waals surface area contributed by atoms with Gasteiger partial charge in [0, 0.05) is 25.4 Å². The number of carbonyl (C=O) groups excluding carboxylic acids is 3. The molecule has 0 radical (unpaired) electrons. The number of nitrogens with one attached hydrogen (secondary N) is 1. The number of hydrogen-bond acceptors (Lipinski definition) is 8. The van der Waals surface area contributed by atoms with Crippen molar-refractivity contribution in [3.63, 3.8) is 0 Å². The number of amides is 1. The number of fused-ring (bicyclic) bond motifs is 1. The van der Waals surface area contributed by atoms with Crippen molar-refractivity contribution >= 4 is 29.2 Å². The molecule has 0 spiro atoms. The van der Waals surface area contributed by atoms with Crippen molar-refractivity contribution in [2.24, 2.45) is 0 Å². The molecule has 9 heteroatoms. The van der Waals surface area contributed by atoms with Crippen LogP contribution < -0.4 is 5.32 Å². The Morgan fingerprint density at radius 2 is 2.12 bits per heavy atom. The highest BCUT2D eigenvalue weighted by molar-refractivity contribution is 8.04. The Morgan fingerprint density at radius 3 is 2.79 bits per heavy atom. The zero-order valence-electron chi connectivity index (χ0n) is 13.7. The van der Waals surface area contributed by atoms with E-state index < -0.39 is 17.5 Å². The van der Waals surface area contributed by atoms with E-state index in [0.717, 1.165) is 6.54 Å². The molecule has 1 heterocycles.